The fraction of sp³-hybridized carbons (Fsp3) is 0.364. The minimum Gasteiger partial charge on any atom is -0.368 e. The second kappa shape index (κ2) is 8.00. The van der Waals surface area contributed by atoms with Gasteiger partial charge in [-0.05, 0) is 24.6 Å². The summed E-state index contributed by atoms with van der Waals surface area (Å²) in [4.78, 5) is 29.2. The van der Waals surface area contributed by atoms with E-state index in [0.29, 0.717) is 25.1 Å². The van der Waals surface area contributed by atoms with Crippen LogP contribution in [0.25, 0.3) is 0 Å². The minimum atomic E-state index is -0.331. The number of piperazine rings is 1. The Morgan fingerprint density at radius 2 is 1.61 bits per heavy atom. The van der Waals surface area contributed by atoms with E-state index in [1.807, 2.05) is 23.1 Å². The smallest absolute Gasteiger partial charge is 0.226 e. The van der Waals surface area contributed by atoms with Crippen molar-refractivity contribution in [3.63, 3.8) is 0 Å². The molecule has 0 spiro atoms. The van der Waals surface area contributed by atoms with E-state index in [-0.39, 0.29) is 36.0 Å². The highest BCUT2D eigenvalue weighted by atomic mass is 19.1. The highest BCUT2D eigenvalue weighted by Gasteiger charge is 2.49. The van der Waals surface area contributed by atoms with E-state index >= 15 is 0 Å². The summed E-state index contributed by atoms with van der Waals surface area (Å²) in [5.41, 5.74) is 1.63. The van der Waals surface area contributed by atoms with Crippen molar-refractivity contribution < 1.29 is 14.0 Å². The van der Waals surface area contributed by atoms with Gasteiger partial charge in [0, 0.05) is 44.0 Å². The molecule has 1 aliphatic carbocycles. The van der Waals surface area contributed by atoms with Crippen LogP contribution in [0.3, 0.4) is 0 Å². The molecule has 1 saturated carbocycles. The van der Waals surface area contributed by atoms with Crippen LogP contribution in [0.1, 0.15) is 12.0 Å². The van der Waals surface area contributed by atoms with Crippen molar-refractivity contribution in [2.24, 2.45) is 11.8 Å². The Morgan fingerprint density at radius 1 is 0.929 bits per heavy atom. The Labute approximate surface area is 164 Å². The van der Waals surface area contributed by atoms with Gasteiger partial charge in [0.1, 0.15) is 5.82 Å². The Bertz CT molecular complexity index is 850. The molecule has 1 saturated heterocycles. The number of nitrogens with zero attached hydrogens (tertiary/aromatic N) is 2. The van der Waals surface area contributed by atoms with Gasteiger partial charge >= 0.3 is 0 Å². The zero-order chi connectivity index (χ0) is 19.5. The molecule has 2 aromatic rings. The van der Waals surface area contributed by atoms with Crippen LogP contribution >= 0.6 is 0 Å². The van der Waals surface area contributed by atoms with Crippen LogP contribution in [0.2, 0.25) is 0 Å². The average molecular weight is 381 g/mol. The maximum atomic E-state index is 13.6. The molecule has 146 valence electrons. The van der Waals surface area contributed by atoms with Gasteiger partial charge in [0.05, 0.1) is 11.8 Å². The van der Waals surface area contributed by atoms with Gasteiger partial charge in [-0.25, -0.2) is 4.39 Å². The highest BCUT2D eigenvalue weighted by Crippen LogP contribution is 2.40. The van der Waals surface area contributed by atoms with Gasteiger partial charge in [0.2, 0.25) is 11.8 Å². The van der Waals surface area contributed by atoms with E-state index in [2.05, 4.69) is 22.3 Å². The van der Waals surface area contributed by atoms with E-state index in [9.17, 15) is 14.0 Å². The van der Waals surface area contributed by atoms with Crippen molar-refractivity contribution in [2.75, 3.05) is 31.1 Å². The van der Waals surface area contributed by atoms with Crippen LogP contribution in [0, 0.1) is 17.7 Å². The van der Waals surface area contributed by atoms with E-state index in [1.165, 1.54) is 11.8 Å². The van der Waals surface area contributed by atoms with Crippen LogP contribution in [0.15, 0.2) is 54.6 Å². The SMILES string of the molecule is O=C(NCc1ccccc1F)C1CC1C(=O)N1CCN(c2ccccc2)CC1. The maximum Gasteiger partial charge on any atom is 0.226 e. The summed E-state index contributed by atoms with van der Waals surface area (Å²) in [7, 11) is 0. The number of nitrogens with one attached hydrogen (secondary N) is 1. The molecule has 4 rings (SSSR count). The van der Waals surface area contributed by atoms with E-state index < -0.39 is 0 Å². The van der Waals surface area contributed by atoms with Gasteiger partial charge in [0.25, 0.3) is 0 Å². The Morgan fingerprint density at radius 3 is 2.32 bits per heavy atom. The van der Waals surface area contributed by atoms with Crippen LogP contribution in [0.4, 0.5) is 10.1 Å². The first-order chi connectivity index (χ1) is 13.6. The molecule has 1 heterocycles. The van der Waals surface area contributed by atoms with Crippen LogP contribution in [-0.2, 0) is 16.1 Å². The average Bonchev–Trinajstić information content (AvgIpc) is 3.54. The summed E-state index contributed by atoms with van der Waals surface area (Å²) in [6.45, 7) is 3.10. The quantitative estimate of drug-likeness (QED) is 0.866. The molecule has 6 heteroatoms. The summed E-state index contributed by atoms with van der Waals surface area (Å²) >= 11 is 0. The molecule has 2 aromatic carbocycles. The topological polar surface area (TPSA) is 52.7 Å². The number of para-hydroxylation sites is 1. The number of carbonyl (C=O) groups excluding carboxylic acids is 2. The van der Waals surface area contributed by atoms with E-state index in [1.54, 1.807) is 18.2 Å². The summed E-state index contributed by atoms with van der Waals surface area (Å²) < 4.78 is 13.6. The highest BCUT2D eigenvalue weighted by molar-refractivity contribution is 5.92. The molecule has 2 atom stereocenters. The first kappa shape index (κ1) is 18.5. The van der Waals surface area contributed by atoms with Gasteiger partial charge in [-0.3, -0.25) is 9.59 Å². The molecule has 1 N–H and O–H groups in total. The summed E-state index contributed by atoms with van der Waals surface area (Å²) in [5.74, 6) is -0.943. The molecule has 28 heavy (non-hydrogen) atoms. The first-order valence-electron chi connectivity index (χ1n) is 9.73. The fourth-order valence-electron chi connectivity index (χ4n) is 3.77. The third kappa shape index (κ3) is 4.01. The van der Waals surface area contributed by atoms with Crippen molar-refractivity contribution in [3.05, 3.63) is 66.0 Å². The fourth-order valence-corrected chi connectivity index (χ4v) is 3.77. The molecule has 5 nitrogen and oxygen atoms in total. The number of hydrogen-bond donors (Lipinski definition) is 1. The predicted octanol–water partition coefficient (Wildman–Crippen LogP) is 2.43. The number of benzene rings is 2. The van der Waals surface area contributed by atoms with Crippen LogP contribution < -0.4 is 10.2 Å². The third-order valence-electron chi connectivity index (χ3n) is 5.57. The minimum absolute atomic E-state index is 0.0683. The molecule has 0 aromatic heterocycles. The first-order valence-corrected chi connectivity index (χ1v) is 9.73. The molecule has 0 radical (unpaired) electrons. The van der Waals surface area contributed by atoms with Gasteiger partial charge < -0.3 is 15.1 Å². The lowest BCUT2D eigenvalue weighted by Gasteiger charge is -2.36. The van der Waals surface area contributed by atoms with Crippen LogP contribution in [0.5, 0.6) is 0 Å². The Hall–Kier alpha value is -2.89. The van der Waals surface area contributed by atoms with Crippen molar-refractivity contribution in [1.29, 1.82) is 0 Å². The maximum absolute atomic E-state index is 13.6. The van der Waals surface area contributed by atoms with Crippen molar-refractivity contribution >= 4 is 17.5 Å². The van der Waals surface area contributed by atoms with Gasteiger partial charge in [-0.15, -0.1) is 0 Å². The third-order valence-corrected chi connectivity index (χ3v) is 5.57. The van der Waals surface area contributed by atoms with Gasteiger partial charge in [-0.2, -0.15) is 0 Å². The normalized spacial score (nSPS) is 21.3. The summed E-state index contributed by atoms with van der Waals surface area (Å²) in [5, 5.41) is 2.76. The molecular weight excluding hydrogens is 357 g/mol. The molecular formula is C22H24FN3O2. The molecule has 2 aliphatic rings. The number of amides is 2. The van der Waals surface area contributed by atoms with Crippen molar-refractivity contribution in [2.45, 2.75) is 13.0 Å². The zero-order valence-electron chi connectivity index (χ0n) is 15.7. The number of rotatable bonds is 5. The van der Waals surface area contributed by atoms with Gasteiger partial charge in [0.15, 0.2) is 0 Å². The lowest BCUT2D eigenvalue weighted by molar-refractivity contribution is -0.135. The zero-order valence-corrected chi connectivity index (χ0v) is 15.7. The number of carbonyl (C=O) groups is 2. The molecule has 2 unspecified atom stereocenters. The Balaban J connectivity index is 1.24. The standard InChI is InChI=1S/C22H24FN3O2/c23-20-9-5-4-6-16(20)15-24-21(27)18-14-19(18)22(28)26-12-10-25(11-13-26)17-7-2-1-3-8-17/h1-9,18-19H,10-15H2,(H,24,27). The van der Waals surface area contributed by atoms with E-state index in [4.69, 9.17) is 0 Å². The molecule has 2 fully saturated rings. The second-order valence-electron chi connectivity index (χ2n) is 7.41. The lowest BCUT2D eigenvalue weighted by Crippen LogP contribution is -2.49. The number of hydrogen-bond acceptors (Lipinski definition) is 3. The van der Waals surface area contributed by atoms with Crippen LogP contribution in [-0.4, -0.2) is 42.9 Å². The number of halogens is 1. The number of anilines is 1. The molecule has 2 amide bonds. The summed E-state index contributed by atoms with van der Waals surface area (Å²) in [6.07, 6.45) is 0.584. The second-order valence-corrected chi connectivity index (χ2v) is 7.41. The monoisotopic (exact) mass is 381 g/mol. The largest absolute Gasteiger partial charge is 0.368 e. The Kier molecular flexibility index (Phi) is 5.28. The summed E-state index contributed by atoms with van der Waals surface area (Å²) in [6, 6.07) is 16.6. The predicted molar refractivity (Wildman–Crippen MR) is 105 cm³/mol. The van der Waals surface area contributed by atoms with Crippen molar-refractivity contribution in [3.8, 4) is 0 Å². The van der Waals surface area contributed by atoms with E-state index in [0.717, 1.165) is 13.1 Å². The molecule has 1 aliphatic heterocycles. The van der Waals surface area contributed by atoms with Gasteiger partial charge in [-0.1, -0.05) is 36.4 Å². The van der Waals surface area contributed by atoms with Crippen molar-refractivity contribution in [1.82, 2.24) is 10.2 Å². The lowest BCUT2D eigenvalue weighted by atomic mass is 10.2. The molecule has 0 bridgehead atoms.